The summed E-state index contributed by atoms with van der Waals surface area (Å²) >= 11 is 0. The van der Waals surface area contributed by atoms with Crippen molar-refractivity contribution in [2.45, 2.75) is 20.4 Å². The van der Waals surface area contributed by atoms with Crippen LogP contribution in [0.25, 0.3) is 0 Å². The molecule has 0 atom stereocenters. The normalized spacial score (nSPS) is 10.4. The van der Waals surface area contributed by atoms with Crippen LogP contribution in [0.15, 0.2) is 24.3 Å². The Kier molecular flexibility index (Phi) is 6.73. The van der Waals surface area contributed by atoms with Crippen molar-refractivity contribution in [2.24, 2.45) is 11.1 Å². The maximum absolute atomic E-state index is 11.8. The number of para-hydroxylation sites is 1. The van der Waals surface area contributed by atoms with Gasteiger partial charge in [-0.05, 0) is 19.9 Å². The summed E-state index contributed by atoms with van der Waals surface area (Å²) in [6.07, 6.45) is 0. The smallest absolute Gasteiger partial charge is 0.227 e. The first-order valence-electron chi connectivity index (χ1n) is 5.61. The fraction of sp³-hybridized carbons (Fsp3) is 0.462. The lowest BCUT2D eigenvalue weighted by atomic mass is 9.92. The zero-order valence-electron chi connectivity index (χ0n) is 11.0. The summed E-state index contributed by atoms with van der Waals surface area (Å²) in [7, 11) is 1.62. The minimum absolute atomic E-state index is 0. The quantitative estimate of drug-likeness (QED) is 0.858. The average molecular weight is 273 g/mol. The highest BCUT2D eigenvalue weighted by molar-refractivity contribution is 5.85. The molecule has 0 spiro atoms. The molecule has 0 radical (unpaired) electrons. The number of hydrogen-bond donors (Lipinski definition) is 2. The first-order chi connectivity index (χ1) is 8.01. The first-order valence-corrected chi connectivity index (χ1v) is 5.61. The molecule has 0 bridgehead atoms. The lowest BCUT2D eigenvalue weighted by Crippen LogP contribution is -2.41. The topological polar surface area (TPSA) is 64.3 Å². The molecule has 0 unspecified atom stereocenters. The van der Waals surface area contributed by atoms with Crippen LogP contribution in [0.1, 0.15) is 19.4 Å². The molecule has 0 fully saturated rings. The van der Waals surface area contributed by atoms with Crippen molar-refractivity contribution in [3.8, 4) is 5.75 Å². The van der Waals surface area contributed by atoms with Gasteiger partial charge >= 0.3 is 0 Å². The molecular weight excluding hydrogens is 252 g/mol. The molecule has 3 N–H and O–H groups in total. The maximum Gasteiger partial charge on any atom is 0.227 e. The van der Waals surface area contributed by atoms with Crippen molar-refractivity contribution in [2.75, 3.05) is 13.7 Å². The van der Waals surface area contributed by atoms with Gasteiger partial charge in [-0.15, -0.1) is 12.4 Å². The van der Waals surface area contributed by atoms with Crippen molar-refractivity contribution in [3.05, 3.63) is 29.8 Å². The summed E-state index contributed by atoms with van der Waals surface area (Å²) in [4.78, 5) is 11.8. The Morgan fingerprint density at radius 2 is 2.00 bits per heavy atom. The molecule has 18 heavy (non-hydrogen) atoms. The third-order valence-corrected chi connectivity index (χ3v) is 2.76. The Labute approximate surface area is 114 Å². The number of carbonyl (C=O) groups is 1. The summed E-state index contributed by atoms with van der Waals surface area (Å²) in [6, 6.07) is 7.61. The Morgan fingerprint density at radius 1 is 1.39 bits per heavy atom. The summed E-state index contributed by atoms with van der Waals surface area (Å²) < 4.78 is 5.21. The van der Waals surface area contributed by atoms with Gasteiger partial charge in [-0.1, -0.05) is 18.2 Å². The first kappa shape index (κ1) is 16.7. The van der Waals surface area contributed by atoms with E-state index >= 15 is 0 Å². The van der Waals surface area contributed by atoms with Gasteiger partial charge in [-0.3, -0.25) is 4.79 Å². The Balaban J connectivity index is 0.00000289. The zero-order chi connectivity index (χ0) is 12.9. The second-order valence-electron chi connectivity index (χ2n) is 4.58. The molecule has 1 amide bonds. The molecule has 4 nitrogen and oxygen atoms in total. The summed E-state index contributed by atoms with van der Waals surface area (Å²) in [5.41, 5.74) is 5.96. The van der Waals surface area contributed by atoms with Gasteiger partial charge in [0.2, 0.25) is 5.91 Å². The van der Waals surface area contributed by atoms with E-state index in [9.17, 15) is 4.79 Å². The van der Waals surface area contributed by atoms with Gasteiger partial charge < -0.3 is 15.8 Å². The van der Waals surface area contributed by atoms with Crippen LogP contribution >= 0.6 is 12.4 Å². The molecule has 1 aromatic rings. The van der Waals surface area contributed by atoms with Crippen molar-refractivity contribution in [3.63, 3.8) is 0 Å². The number of amides is 1. The molecule has 0 saturated carbocycles. The number of methoxy groups -OCH3 is 1. The molecule has 102 valence electrons. The second-order valence-corrected chi connectivity index (χ2v) is 4.58. The Bertz CT molecular complexity index is 394. The minimum atomic E-state index is -0.540. The average Bonchev–Trinajstić information content (AvgIpc) is 2.36. The van der Waals surface area contributed by atoms with E-state index in [0.29, 0.717) is 13.1 Å². The van der Waals surface area contributed by atoms with Crippen molar-refractivity contribution in [1.29, 1.82) is 0 Å². The summed E-state index contributed by atoms with van der Waals surface area (Å²) in [5, 5.41) is 2.87. The molecule has 0 aliphatic carbocycles. The fourth-order valence-electron chi connectivity index (χ4n) is 1.36. The van der Waals surface area contributed by atoms with E-state index in [4.69, 9.17) is 10.5 Å². The van der Waals surface area contributed by atoms with Crippen LogP contribution in [-0.2, 0) is 11.3 Å². The largest absolute Gasteiger partial charge is 0.496 e. The number of benzene rings is 1. The van der Waals surface area contributed by atoms with Gasteiger partial charge in [0.1, 0.15) is 5.75 Å². The number of halogens is 1. The molecule has 0 aliphatic heterocycles. The van der Waals surface area contributed by atoms with Crippen molar-refractivity contribution < 1.29 is 9.53 Å². The Hall–Kier alpha value is -1.26. The van der Waals surface area contributed by atoms with Crippen LogP contribution in [0.2, 0.25) is 0 Å². The number of hydrogen-bond acceptors (Lipinski definition) is 3. The van der Waals surface area contributed by atoms with Crippen LogP contribution in [0, 0.1) is 5.41 Å². The lowest BCUT2D eigenvalue weighted by Gasteiger charge is -2.21. The molecule has 0 heterocycles. The highest BCUT2D eigenvalue weighted by Crippen LogP contribution is 2.18. The van der Waals surface area contributed by atoms with E-state index < -0.39 is 5.41 Å². The molecule has 0 saturated heterocycles. The maximum atomic E-state index is 11.8. The van der Waals surface area contributed by atoms with Crippen LogP contribution in [0.4, 0.5) is 0 Å². The molecule has 0 aliphatic rings. The standard InChI is InChI=1S/C13H20N2O2.ClH/c1-13(2,9-14)12(16)15-8-10-6-4-5-7-11(10)17-3;/h4-7H,8-9,14H2,1-3H3,(H,15,16);1H. The van der Waals surface area contributed by atoms with Gasteiger partial charge in [-0.2, -0.15) is 0 Å². The molecule has 1 aromatic carbocycles. The number of nitrogens with one attached hydrogen (secondary N) is 1. The van der Waals surface area contributed by atoms with Gasteiger partial charge in [0, 0.05) is 18.7 Å². The van der Waals surface area contributed by atoms with E-state index in [-0.39, 0.29) is 18.3 Å². The SMILES string of the molecule is COc1ccccc1CNC(=O)C(C)(C)CN.Cl. The highest BCUT2D eigenvalue weighted by Gasteiger charge is 2.25. The monoisotopic (exact) mass is 272 g/mol. The van der Waals surface area contributed by atoms with E-state index in [2.05, 4.69) is 5.32 Å². The highest BCUT2D eigenvalue weighted by atomic mass is 35.5. The van der Waals surface area contributed by atoms with E-state index in [1.54, 1.807) is 7.11 Å². The van der Waals surface area contributed by atoms with Crippen LogP contribution in [0.3, 0.4) is 0 Å². The summed E-state index contributed by atoms with van der Waals surface area (Å²) in [6.45, 7) is 4.42. The molecule has 5 heteroatoms. The molecular formula is C13H21ClN2O2. The van der Waals surface area contributed by atoms with Gasteiger partial charge in [-0.25, -0.2) is 0 Å². The second kappa shape index (κ2) is 7.24. The van der Waals surface area contributed by atoms with Gasteiger partial charge in [0.25, 0.3) is 0 Å². The number of nitrogens with two attached hydrogens (primary N) is 1. The summed E-state index contributed by atoms with van der Waals surface area (Å²) in [5.74, 6) is 0.726. The van der Waals surface area contributed by atoms with E-state index in [1.165, 1.54) is 0 Å². The fourth-order valence-corrected chi connectivity index (χ4v) is 1.36. The van der Waals surface area contributed by atoms with Crippen molar-refractivity contribution >= 4 is 18.3 Å². The Morgan fingerprint density at radius 3 is 2.56 bits per heavy atom. The number of ether oxygens (including phenoxy) is 1. The lowest BCUT2D eigenvalue weighted by molar-refractivity contribution is -0.129. The zero-order valence-corrected chi connectivity index (χ0v) is 11.8. The predicted octanol–water partition coefficient (Wildman–Crippen LogP) is 1.72. The molecule has 0 aromatic heterocycles. The van der Waals surface area contributed by atoms with E-state index in [0.717, 1.165) is 11.3 Å². The predicted molar refractivity (Wildman–Crippen MR) is 74.9 cm³/mol. The minimum Gasteiger partial charge on any atom is -0.496 e. The van der Waals surface area contributed by atoms with Gasteiger partial charge in [0.05, 0.1) is 12.5 Å². The molecule has 1 rings (SSSR count). The van der Waals surface area contributed by atoms with Crippen molar-refractivity contribution in [1.82, 2.24) is 5.32 Å². The van der Waals surface area contributed by atoms with Crippen LogP contribution < -0.4 is 15.8 Å². The third kappa shape index (κ3) is 4.20. The van der Waals surface area contributed by atoms with Gasteiger partial charge in [0.15, 0.2) is 0 Å². The van der Waals surface area contributed by atoms with E-state index in [1.807, 2.05) is 38.1 Å². The third-order valence-electron chi connectivity index (χ3n) is 2.76. The number of rotatable bonds is 5. The van der Waals surface area contributed by atoms with Crippen LogP contribution in [-0.4, -0.2) is 19.6 Å². The van der Waals surface area contributed by atoms with Crippen LogP contribution in [0.5, 0.6) is 5.75 Å². The number of carbonyl (C=O) groups excluding carboxylic acids is 1.